The van der Waals surface area contributed by atoms with Crippen molar-refractivity contribution in [3.63, 3.8) is 0 Å². The topological polar surface area (TPSA) is 114 Å². The maximum Gasteiger partial charge on any atom is 0.243 e. The van der Waals surface area contributed by atoms with Crippen molar-refractivity contribution in [3.8, 4) is 0 Å². The highest BCUT2D eigenvalue weighted by molar-refractivity contribution is 7.89. The quantitative estimate of drug-likeness (QED) is 0.715. The molecule has 0 fully saturated rings. The van der Waals surface area contributed by atoms with Crippen LogP contribution in [-0.4, -0.2) is 23.6 Å². The summed E-state index contributed by atoms with van der Waals surface area (Å²) >= 11 is 0. The van der Waals surface area contributed by atoms with Gasteiger partial charge >= 0.3 is 0 Å². The number of H-pyrrole nitrogens is 1. The van der Waals surface area contributed by atoms with Crippen molar-refractivity contribution < 1.29 is 8.42 Å². The molecule has 1 aromatic carbocycles. The summed E-state index contributed by atoms with van der Waals surface area (Å²) in [7, 11) is -3.71. The third-order valence-electron chi connectivity index (χ3n) is 2.69. The van der Waals surface area contributed by atoms with Crippen LogP contribution in [0.1, 0.15) is 24.4 Å². The number of nitrogen functional groups attached to an aromatic ring is 1. The van der Waals surface area contributed by atoms with Gasteiger partial charge in [-0.3, -0.25) is 5.10 Å². The standard InChI is InChI=1S/C11H15N5O2S/c1-7-4-3-5-9(12)10(7)19(17,18)16-8(2)11-13-6-14-15-11/h3-6,8,16H,12H2,1-2H3,(H,13,14,15). The zero-order valence-corrected chi connectivity index (χ0v) is 11.4. The van der Waals surface area contributed by atoms with Crippen molar-refractivity contribution in [2.75, 3.05) is 5.73 Å². The molecule has 102 valence electrons. The SMILES string of the molecule is Cc1cccc(N)c1S(=O)(=O)NC(C)c1ncn[nH]1. The van der Waals surface area contributed by atoms with Gasteiger partial charge in [0, 0.05) is 0 Å². The predicted molar refractivity (Wildman–Crippen MR) is 70.7 cm³/mol. The number of aromatic nitrogens is 3. The van der Waals surface area contributed by atoms with Gasteiger partial charge in [0.25, 0.3) is 0 Å². The van der Waals surface area contributed by atoms with Gasteiger partial charge < -0.3 is 5.73 Å². The second-order valence-electron chi connectivity index (χ2n) is 4.21. The van der Waals surface area contributed by atoms with Gasteiger partial charge in [0.2, 0.25) is 10.0 Å². The van der Waals surface area contributed by atoms with Gasteiger partial charge in [0.05, 0.1) is 11.7 Å². The van der Waals surface area contributed by atoms with Crippen LogP contribution in [0.2, 0.25) is 0 Å². The molecular weight excluding hydrogens is 266 g/mol. The van der Waals surface area contributed by atoms with E-state index in [9.17, 15) is 8.42 Å². The molecule has 2 rings (SSSR count). The summed E-state index contributed by atoms with van der Waals surface area (Å²) in [6.07, 6.45) is 1.32. The van der Waals surface area contributed by atoms with E-state index in [1.807, 2.05) is 0 Å². The van der Waals surface area contributed by atoms with Gasteiger partial charge in [0.1, 0.15) is 17.0 Å². The van der Waals surface area contributed by atoms with E-state index in [0.717, 1.165) is 0 Å². The van der Waals surface area contributed by atoms with Gasteiger partial charge in [-0.05, 0) is 25.5 Å². The number of nitrogens with one attached hydrogen (secondary N) is 2. The summed E-state index contributed by atoms with van der Waals surface area (Å²) in [5.74, 6) is 0.440. The maximum absolute atomic E-state index is 12.3. The fourth-order valence-electron chi connectivity index (χ4n) is 1.81. The maximum atomic E-state index is 12.3. The Hall–Kier alpha value is -1.93. The van der Waals surface area contributed by atoms with Crippen LogP contribution in [0.3, 0.4) is 0 Å². The average Bonchev–Trinajstić information content (AvgIpc) is 2.80. The second-order valence-corrected chi connectivity index (χ2v) is 5.86. The number of hydrogen-bond donors (Lipinski definition) is 3. The van der Waals surface area contributed by atoms with E-state index >= 15 is 0 Å². The lowest BCUT2D eigenvalue weighted by Gasteiger charge is -2.14. The molecule has 0 radical (unpaired) electrons. The van der Waals surface area contributed by atoms with Crippen molar-refractivity contribution >= 4 is 15.7 Å². The molecule has 1 unspecified atom stereocenters. The van der Waals surface area contributed by atoms with Crippen LogP contribution in [-0.2, 0) is 10.0 Å². The van der Waals surface area contributed by atoms with E-state index in [0.29, 0.717) is 11.4 Å². The lowest BCUT2D eigenvalue weighted by Crippen LogP contribution is -2.28. The molecule has 8 heteroatoms. The summed E-state index contributed by atoms with van der Waals surface area (Å²) in [4.78, 5) is 4.01. The molecule has 1 atom stereocenters. The number of sulfonamides is 1. The molecule has 0 bridgehead atoms. The Kier molecular flexibility index (Phi) is 3.54. The van der Waals surface area contributed by atoms with Gasteiger partial charge in [-0.25, -0.2) is 18.1 Å². The third-order valence-corrected chi connectivity index (χ3v) is 4.45. The van der Waals surface area contributed by atoms with Gasteiger partial charge in [-0.15, -0.1) is 0 Å². The van der Waals surface area contributed by atoms with E-state index in [2.05, 4.69) is 19.9 Å². The first kappa shape index (κ1) is 13.5. The summed E-state index contributed by atoms with van der Waals surface area (Å²) in [6.45, 7) is 3.37. The molecule has 0 spiro atoms. The average molecular weight is 281 g/mol. The summed E-state index contributed by atoms with van der Waals surface area (Å²) < 4.78 is 27.2. The number of aromatic amines is 1. The summed E-state index contributed by atoms with van der Waals surface area (Å²) in [5.41, 5.74) is 6.56. The fraction of sp³-hybridized carbons (Fsp3) is 0.273. The molecule has 0 saturated carbocycles. The molecule has 1 heterocycles. The molecular formula is C11H15N5O2S. The van der Waals surface area contributed by atoms with Crippen molar-refractivity contribution in [1.82, 2.24) is 19.9 Å². The first-order valence-corrected chi connectivity index (χ1v) is 7.13. The van der Waals surface area contributed by atoms with Crippen molar-refractivity contribution in [2.24, 2.45) is 0 Å². The molecule has 0 aliphatic carbocycles. The Morgan fingerprint density at radius 2 is 2.16 bits per heavy atom. The lowest BCUT2D eigenvalue weighted by atomic mass is 10.2. The van der Waals surface area contributed by atoms with Gasteiger partial charge in [-0.1, -0.05) is 12.1 Å². The zero-order valence-electron chi connectivity index (χ0n) is 10.6. The van der Waals surface area contributed by atoms with Crippen LogP contribution in [0.25, 0.3) is 0 Å². The Morgan fingerprint density at radius 1 is 1.42 bits per heavy atom. The highest BCUT2D eigenvalue weighted by Gasteiger charge is 2.23. The monoisotopic (exact) mass is 281 g/mol. The van der Waals surface area contributed by atoms with Crippen LogP contribution >= 0.6 is 0 Å². The number of anilines is 1. The Balaban J connectivity index is 2.33. The first-order chi connectivity index (χ1) is 8.92. The van der Waals surface area contributed by atoms with Crippen molar-refractivity contribution in [3.05, 3.63) is 35.9 Å². The van der Waals surface area contributed by atoms with Crippen LogP contribution in [0, 0.1) is 6.92 Å². The zero-order chi connectivity index (χ0) is 14.0. The molecule has 4 N–H and O–H groups in total. The fourth-order valence-corrected chi connectivity index (χ4v) is 3.38. The van der Waals surface area contributed by atoms with Crippen molar-refractivity contribution in [2.45, 2.75) is 24.8 Å². The largest absolute Gasteiger partial charge is 0.398 e. The number of nitrogens with zero attached hydrogens (tertiary/aromatic N) is 2. The Labute approximate surface area is 111 Å². The Morgan fingerprint density at radius 3 is 2.74 bits per heavy atom. The highest BCUT2D eigenvalue weighted by Crippen LogP contribution is 2.23. The molecule has 7 nitrogen and oxygen atoms in total. The van der Waals surface area contributed by atoms with Crippen LogP contribution in [0.5, 0.6) is 0 Å². The third kappa shape index (κ3) is 2.74. The van der Waals surface area contributed by atoms with E-state index in [-0.39, 0.29) is 10.6 Å². The minimum atomic E-state index is -3.71. The normalized spacial score (nSPS) is 13.4. The molecule has 0 amide bonds. The number of nitrogens with two attached hydrogens (primary N) is 1. The molecule has 19 heavy (non-hydrogen) atoms. The number of rotatable bonds is 4. The lowest BCUT2D eigenvalue weighted by molar-refractivity contribution is 0.560. The second kappa shape index (κ2) is 4.98. The predicted octanol–water partition coefficient (Wildman–Crippen LogP) is 0.735. The number of aryl methyl sites for hydroxylation is 1. The van der Waals surface area contributed by atoms with Gasteiger partial charge in [-0.2, -0.15) is 5.10 Å². The molecule has 1 aromatic heterocycles. The first-order valence-electron chi connectivity index (χ1n) is 5.64. The minimum absolute atomic E-state index is 0.0985. The number of hydrogen-bond acceptors (Lipinski definition) is 5. The summed E-state index contributed by atoms with van der Waals surface area (Å²) in [6, 6.07) is 4.44. The minimum Gasteiger partial charge on any atom is -0.398 e. The van der Waals surface area contributed by atoms with Gasteiger partial charge in [0.15, 0.2) is 0 Å². The number of benzene rings is 1. The molecule has 2 aromatic rings. The van der Waals surface area contributed by atoms with Crippen molar-refractivity contribution in [1.29, 1.82) is 0 Å². The van der Waals surface area contributed by atoms with Crippen LogP contribution in [0.15, 0.2) is 29.4 Å². The highest BCUT2D eigenvalue weighted by atomic mass is 32.2. The van der Waals surface area contributed by atoms with E-state index in [4.69, 9.17) is 5.73 Å². The van der Waals surface area contributed by atoms with Crippen LogP contribution in [0.4, 0.5) is 5.69 Å². The molecule has 0 saturated heterocycles. The molecule has 0 aliphatic rings. The van der Waals surface area contributed by atoms with Crippen LogP contribution < -0.4 is 10.5 Å². The molecule has 0 aliphatic heterocycles. The summed E-state index contributed by atoms with van der Waals surface area (Å²) in [5, 5.41) is 6.31. The Bertz CT molecular complexity index is 646. The smallest absolute Gasteiger partial charge is 0.243 e. The van der Waals surface area contributed by atoms with E-state index in [1.54, 1.807) is 32.0 Å². The van der Waals surface area contributed by atoms with E-state index in [1.165, 1.54) is 6.33 Å². The van der Waals surface area contributed by atoms with E-state index < -0.39 is 16.1 Å².